The molecule has 100 valence electrons. The zero-order valence-electron chi connectivity index (χ0n) is 10.3. The molecule has 1 aliphatic heterocycles. The highest BCUT2D eigenvalue weighted by atomic mass is 19.4. The van der Waals surface area contributed by atoms with Crippen LogP contribution in [0.25, 0.3) is 0 Å². The van der Waals surface area contributed by atoms with Gasteiger partial charge in [-0.2, -0.15) is 13.2 Å². The number of hydrogen-bond donors (Lipinski definition) is 0. The van der Waals surface area contributed by atoms with Gasteiger partial charge in [-0.3, -0.25) is 4.79 Å². The monoisotopic (exact) mass is 253 g/mol. The number of carbonyl (C=O) groups excluding carboxylic acids is 1. The Morgan fingerprint density at radius 1 is 1.29 bits per heavy atom. The van der Waals surface area contributed by atoms with Crippen molar-refractivity contribution in [1.29, 1.82) is 0 Å². The van der Waals surface area contributed by atoms with Gasteiger partial charge in [0.2, 0.25) is 5.91 Å². The average Bonchev–Trinajstić information content (AvgIpc) is 2.26. The minimum absolute atomic E-state index is 0.100. The first kappa shape index (κ1) is 14.3. The molecule has 0 N–H and O–H groups in total. The molecule has 0 saturated carbocycles. The van der Waals surface area contributed by atoms with Gasteiger partial charge in [0, 0.05) is 39.0 Å². The molecule has 1 fully saturated rings. The van der Waals surface area contributed by atoms with Gasteiger partial charge in [0.05, 0.1) is 0 Å². The molecule has 1 rings (SSSR count). The van der Waals surface area contributed by atoms with Gasteiger partial charge in [-0.05, 0) is 0 Å². The van der Waals surface area contributed by atoms with Crippen LogP contribution >= 0.6 is 0 Å². The van der Waals surface area contributed by atoms with E-state index in [9.17, 15) is 18.0 Å². The second-order valence-electron chi connectivity index (χ2n) is 4.68. The number of methoxy groups -OCH3 is 1. The smallest absolute Gasteiger partial charge is 0.369 e. The molecule has 0 spiro atoms. The largest absolute Gasteiger partial charge is 0.417 e. The van der Waals surface area contributed by atoms with Crippen molar-refractivity contribution in [2.24, 2.45) is 5.92 Å². The van der Waals surface area contributed by atoms with Crippen LogP contribution in [0.1, 0.15) is 26.7 Å². The molecule has 0 aromatic carbocycles. The molecule has 3 nitrogen and oxygen atoms in total. The van der Waals surface area contributed by atoms with Crippen molar-refractivity contribution < 1.29 is 22.7 Å². The fourth-order valence-electron chi connectivity index (χ4n) is 2.06. The molecule has 0 radical (unpaired) electrons. The molecule has 1 amide bonds. The van der Waals surface area contributed by atoms with Crippen LogP contribution in [0.15, 0.2) is 0 Å². The van der Waals surface area contributed by atoms with Gasteiger partial charge in [0.25, 0.3) is 0 Å². The van der Waals surface area contributed by atoms with E-state index in [1.807, 2.05) is 0 Å². The maximum atomic E-state index is 12.9. The second-order valence-corrected chi connectivity index (χ2v) is 4.68. The fraction of sp³-hybridized carbons (Fsp3) is 0.909. The first-order valence-corrected chi connectivity index (χ1v) is 5.64. The molecular weight excluding hydrogens is 235 g/mol. The Morgan fingerprint density at radius 2 is 1.76 bits per heavy atom. The molecule has 1 aliphatic rings. The molecule has 1 saturated heterocycles. The summed E-state index contributed by atoms with van der Waals surface area (Å²) in [6.45, 7) is 3.68. The van der Waals surface area contributed by atoms with E-state index in [4.69, 9.17) is 0 Å². The van der Waals surface area contributed by atoms with E-state index >= 15 is 0 Å². The topological polar surface area (TPSA) is 29.5 Å². The van der Waals surface area contributed by atoms with Crippen LogP contribution in [0.5, 0.6) is 0 Å². The first-order valence-electron chi connectivity index (χ1n) is 5.64. The summed E-state index contributed by atoms with van der Waals surface area (Å²) in [4.78, 5) is 13.1. The predicted molar refractivity (Wildman–Crippen MR) is 56.4 cm³/mol. The molecule has 0 atom stereocenters. The van der Waals surface area contributed by atoms with Gasteiger partial charge in [-0.15, -0.1) is 0 Å². The average molecular weight is 253 g/mol. The fourth-order valence-corrected chi connectivity index (χ4v) is 2.06. The number of amides is 1. The Bertz CT molecular complexity index is 281. The lowest BCUT2D eigenvalue weighted by atomic mass is 9.90. The Labute approximate surface area is 98.9 Å². The Hall–Kier alpha value is -0.780. The van der Waals surface area contributed by atoms with Crippen LogP contribution in [0.3, 0.4) is 0 Å². The second kappa shape index (κ2) is 4.84. The standard InChI is InChI=1S/C11H18F3NO2/c1-8(2)9(16)15-6-4-10(17-3,5-7-15)11(12,13)14/h8H,4-7H2,1-3H3. The quantitative estimate of drug-likeness (QED) is 0.755. The number of rotatable bonds is 2. The van der Waals surface area contributed by atoms with E-state index in [2.05, 4.69) is 4.74 Å². The van der Waals surface area contributed by atoms with Crippen molar-refractivity contribution in [1.82, 2.24) is 4.90 Å². The van der Waals surface area contributed by atoms with Crippen molar-refractivity contribution in [2.45, 2.75) is 38.5 Å². The van der Waals surface area contributed by atoms with Crippen molar-refractivity contribution in [3.63, 3.8) is 0 Å². The number of carbonyl (C=O) groups is 1. The van der Waals surface area contributed by atoms with Crippen LogP contribution in [-0.4, -0.2) is 42.8 Å². The maximum Gasteiger partial charge on any atom is 0.417 e. The van der Waals surface area contributed by atoms with E-state index in [0.29, 0.717) is 0 Å². The van der Waals surface area contributed by atoms with Crippen LogP contribution in [0.2, 0.25) is 0 Å². The summed E-state index contributed by atoms with van der Waals surface area (Å²) in [6.07, 6.45) is -4.76. The molecule has 6 heteroatoms. The highest BCUT2D eigenvalue weighted by Gasteiger charge is 2.56. The summed E-state index contributed by atoms with van der Waals surface area (Å²) in [5.74, 6) is -0.284. The number of hydrogen-bond acceptors (Lipinski definition) is 2. The third-order valence-corrected chi connectivity index (χ3v) is 3.28. The summed E-state index contributed by atoms with van der Waals surface area (Å²) in [7, 11) is 1.08. The molecule has 0 aromatic rings. The Balaban J connectivity index is 2.69. The van der Waals surface area contributed by atoms with E-state index < -0.39 is 11.8 Å². The Morgan fingerprint density at radius 3 is 2.06 bits per heavy atom. The summed E-state index contributed by atoms with van der Waals surface area (Å²) in [5.41, 5.74) is -2.08. The van der Waals surface area contributed by atoms with E-state index in [-0.39, 0.29) is 37.8 Å². The van der Waals surface area contributed by atoms with Gasteiger partial charge < -0.3 is 9.64 Å². The lowest BCUT2D eigenvalue weighted by Crippen LogP contribution is -2.56. The highest BCUT2D eigenvalue weighted by molar-refractivity contribution is 5.78. The summed E-state index contributed by atoms with van der Waals surface area (Å²) in [6, 6.07) is 0. The van der Waals surface area contributed by atoms with Crippen LogP contribution < -0.4 is 0 Å². The van der Waals surface area contributed by atoms with Gasteiger partial charge >= 0.3 is 6.18 Å². The lowest BCUT2D eigenvalue weighted by molar-refractivity contribution is -0.281. The van der Waals surface area contributed by atoms with Gasteiger partial charge in [-0.25, -0.2) is 0 Å². The zero-order valence-corrected chi connectivity index (χ0v) is 10.3. The number of piperidine rings is 1. The molecule has 0 aliphatic carbocycles. The van der Waals surface area contributed by atoms with Crippen LogP contribution in [-0.2, 0) is 9.53 Å². The normalized spacial score (nSPS) is 20.8. The zero-order chi connectivity index (χ0) is 13.3. The molecule has 17 heavy (non-hydrogen) atoms. The molecule has 0 bridgehead atoms. The first-order chi connectivity index (χ1) is 7.73. The summed E-state index contributed by atoms with van der Waals surface area (Å²) < 4.78 is 43.2. The number of halogens is 3. The third-order valence-electron chi connectivity index (χ3n) is 3.28. The number of ether oxygens (including phenoxy) is 1. The van der Waals surface area contributed by atoms with E-state index in [0.717, 1.165) is 7.11 Å². The van der Waals surface area contributed by atoms with Crippen LogP contribution in [0, 0.1) is 5.92 Å². The number of nitrogens with zero attached hydrogens (tertiary/aromatic N) is 1. The molecule has 0 unspecified atom stereocenters. The number of alkyl halides is 3. The van der Waals surface area contributed by atoms with E-state index in [1.54, 1.807) is 13.8 Å². The number of likely N-dealkylation sites (tertiary alicyclic amines) is 1. The maximum absolute atomic E-state index is 12.9. The van der Waals surface area contributed by atoms with E-state index in [1.165, 1.54) is 4.90 Å². The van der Waals surface area contributed by atoms with Gasteiger partial charge in [-0.1, -0.05) is 13.8 Å². The van der Waals surface area contributed by atoms with Gasteiger partial charge in [0.15, 0.2) is 5.60 Å². The molecule has 0 aromatic heterocycles. The molecular formula is C11H18F3NO2. The minimum Gasteiger partial charge on any atom is -0.369 e. The predicted octanol–water partition coefficient (Wildman–Crippen LogP) is 2.21. The van der Waals surface area contributed by atoms with Gasteiger partial charge in [0.1, 0.15) is 0 Å². The third kappa shape index (κ3) is 2.73. The van der Waals surface area contributed by atoms with Crippen LogP contribution in [0.4, 0.5) is 13.2 Å². The highest BCUT2D eigenvalue weighted by Crippen LogP contribution is 2.41. The van der Waals surface area contributed by atoms with Crippen molar-refractivity contribution in [2.75, 3.05) is 20.2 Å². The van der Waals surface area contributed by atoms with Crippen molar-refractivity contribution in [3.8, 4) is 0 Å². The Kier molecular flexibility index (Phi) is 4.06. The minimum atomic E-state index is -4.38. The summed E-state index contributed by atoms with van der Waals surface area (Å²) in [5, 5.41) is 0. The SMILES string of the molecule is COC1(C(F)(F)F)CCN(C(=O)C(C)C)CC1. The van der Waals surface area contributed by atoms with Crippen molar-refractivity contribution in [3.05, 3.63) is 0 Å². The summed E-state index contributed by atoms with van der Waals surface area (Å²) >= 11 is 0. The molecule has 1 heterocycles. The lowest BCUT2D eigenvalue weighted by Gasteiger charge is -2.42. The van der Waals surface area contributed by atoms with Crippen molar-refractivity contribution >= 4 is 5.91 Å².